The summed E-state index contributed by atoms with van der Waals surface area (Å²) in [5, 5.41) is 2.67. The number of nitrogens with one attached hydrogen (secondary N) is 1. The van der Waals surface area contributed by atoms with Gasteiger partial charge in [0.15, 0.2) is 11.5 Å². The Morgan fingerprint density at radius 3 is 2.58 bits per heavy atom. The smallest absolute Gasteiger partial charge is 0.325 e. The number of nitrogens with zero attached hydrogens (tertiary/aromatic N) is 3. The number of carbonyl (C=O) groups is 3. The van der Waals surface area contributed by atoms with Crippen LogP contribution in [0.15, 0.2) is 18.2 Å². The molecule has 2 heterocycles. The number of anilines is 1. The van der Waals surface area contributed by atoms with Crippen LogP contribution in [0.4, 0.5) is 10.5 Å². The SMILES string of the molecule is COc1ccc(N2CCN(CC(=O)N3CCNC(=O)C3)C2=O)cc1OC. The van der Waals surface area contributed by atoms with E-state index in [1.165, 1.54) is 16.9 Å². The second kappa shape index (κ2) is 7.51. The first-order valence-corrected chi connectivity index (χ1v) is 8.36. The third-order valence-corrected chi connectivity index (χ3v) is 4.49. The standard InChI is InChI=1S/C17H22N4O5/c1-25-13-4-3-12(9-14(13)26-2)21-8-7-20(17(21)24)11-16(23)19-6-5-18-15(22)10-19/h3-4,9H,5-8,10-11H2,1-2H3,(H,18,22). The quantitative estimate of drug-likeness (QED) is 0.790. The van der Waals surface area contributed by atoms with Crippen LogP contribution in [-0.4, -0.2) is 81.1 Å². The van der Waals surface area contributed by atoms with Gasteiger partial charge in [0.05, 0.1) is 20.8 Å². The van der Waals surface area contributed by atoms with Crippen molar-refractivity contribution in [1.29, 1.82) is 0 Å². The van der Waals surface area contributed by atoms with E-state index >= 15 is 0 Å². The number of hydrogen-bond donors (Lipinski definition) is 1. The molecule has 9 nitrogen and oxygen atoms in total. The fraction of sp³-hybridized carbons (Fsp3) is 0.471. The Bertz CT molecular complexity index is 723. The van der Waals surface area contributed by atoms with Crippen LogP contribution >= 0.6 is 0 Å². The first kappa shape index (κ1) is 17.8. The molecule has 3 rings (SSSR count). The molecule has 4 amide bonds. The van der Waals surface area contributed by atoms with Crippen molar-refractivity contribution >= 4 is 23.5 Å². The van der Waals surface area contributed by atoms with Gasteiger partial charge in [0.2, 0.25) is 11.8 Å². The first-order valence-electron chi connectivity index (χ1n) is 8.36. The molecule has 1 N–H and O–H groups in total. The molecule has 2 saturated heterocycles. The maximum Gasteiger partial charge on any atom is 0.325 e. The Hall–Kier alpha value is -2.97. The minimum absolute atomic E-state index is 0.0318. The highest BCUT2D eigenvalue weighted by Gasteiger charge is 2.33. The lowest BCUT2D eigenvalue weighted by Crippen LogP contribution is -2.52. The maximum atomic E-state index is 12.7. The maximum absolute atomic E-state index is 12.7. The number of piperazine rings is 1. The molecule has 2 aliphatic rings. The Labute approximate surface area is 151 Å². The van der Waals surface area contributed by atoms with E-state index in [0.717, 1.165) is 0 Å². The Morgan fingerprint density at radius 2 is 1.88 bits per heavy atom. The zero-order chi connectivity index (χ0) is 18.7. The predicted molar refractivity (Wildman–Crippen MR) is 93.5 cm³/mol. The summed E-state index contributed by atoms with van der Waals surface area (Å²) in [7, 11) is 3.08. The Morgan fingerprint density at radius 1 is 1.12 bits per heavy atom. The van der Waals surface area contributed by atoms with E-state index in [4.69, 9.17) is 9.47 Å². The highest BCUT2D eigenvalue weighted by Crippen LogP contribution is 2.32. The number of ether oxygens (including phenoxy) is 2. The fourth-order valence-corrected chi connectivity index (χ4v) is 3.08. The zero-order valence-electron chi connectivity index (χ0n) is 14.9. The molecule has 2 aliphatic heterocycles. The monoisotopic (exact) mass is 362 g/mol. The molecule has 26 heavy (non-hydrogen) atoms. The van der Waals surface area contributed by atoms with Gasteiger partial charge < -0.3 is 24.6 Å². The summed E-state index contributed by atoms with van der Waals surface area (Å²) in [6, 6.07) is 5.00. The van der Waals surface area contributed by atoms with Gasteiger partial charge in [-0.05, 0) is 12.1 Å². The minimum Gasteiger partial charge on any atom is -0.493 e. The predicted octanol–water partition coefficient (Wildman–Crippen LogP) is -0.0958. The van der Waals surface area contributed by atoms with Gasteiger partial charge in [-0.1, -0.05) is 0 Å². The van der Waals surface area contributed by atoms with Crippen molar-refractivity contribution in [2.45, 2.75) is 0 Å². The summed E-state index contributed by atoms with van der Waals surface area (Å²) in [4.78, 5) is 41.0. The van der Waals surface area contributed by atoms with Gasteiger partial charge in [0.25, 0.3) is 0 Å². The Kier molecular flexibility index (Phi) is 5.15. The molecule has 0 unspecified atom stereocenters. The third kappa shape index (κ3) is 3.51. The summed E-state index contributed by atoms with van der Waals surface area (Å²) in [6.45, 7) is 1.83. The fourth-order valence-electron chi connectivity index (χ4n) is 3.08. The summed E-state index contributed by atoms with van der Waals surface area (Å²) in [5.74, 6) is 0.719. The van der Waals surface area contributed by atoms with Crippen molar-refractivity contribution in [3.8, 4) is 11.5 Å². The first-order chi connectivity index (χ1) is 12.5. The van der Waals surface area contributed by atoms with Gasteiger partial charge in [-0.3, -0.25) is 14.5 Å². The molecule has 0 aromatic heterocycles. The Balaban J connectivity index is 1.66. The molecule has 140 valence electrons. The van der Waals surface area contributed by atoms with E-state index in [9.17, 15) is 14.4 Å². The molecule has 1 aromatic carbocycles. The third-order valence-electron chi connectivity index (χ3n) is 4.49. The van der Waals surface area contributed by atoms with Crippen molar-refractivity contribution in [3.63, 3.8) is 0 Å². The summed E-state index contributed by atoms with van der Waals surface area (Å²) in [6.07, 6.45) is 0. The number of urea groups is 1. The van der Waals surface area contributed by atoms with E-state index in [-0.39, 0.29) is 30.9 Å². The van der Waals surface area contributed by atoms with E-state index < -0.39 is 0 Å². The van der Waals surface area contributed by atoms with Crippen LogP contribution in [0.5, 0.6) is 11.5 Å². The largest absolute Gasteiger partial charge is 0.493 e. The molecule has 0 saturated carbocycles. The molecular weight excluding hydrogens is 340 g/mol. The number of amides is 4. The van der Waals surface area contributed by atoms with Gasteiger partial charge in [-0.25, -0.2) is 4.79 Å². The number of hydrogen-bond acceptors (Lipinski definition) is 5. The number of carbonyl (C=O) groups excluding carboxylic acids is 3. The lowest BCUT2D eigenvalue weighted by Gasteiger charge is -2.28. The van der Waals surface area contributed by atoms with Gasteiger partial charge in [-0.15, -0.1) is 0 Å². The zero-order valence-corrected chi connectivity index (χ0v) is 14.9. The number of methoxy groups -OCH3 is 2. The second-order valence-electron chi connectivity index (χ2n) is 6.06. The van der Waals surface area contributed by atoms with Crippen molar-refractivity contribution in [1.82, 2.24) is 15.1 Å². The van der Waals surface area contributed by atoms with Gasteiger partial charge in [0, 0.05) is 37.9 Å². The van der Waals surface area contributed by atoms with Gasteiger partial charge in [0.1, 0.15) is 6.54 Å². The van der Waals surface area contributed by atoms with Gasteiger partial charge >= 0.3 is 6.03 Å². The molecule has 2 fully saturated rings. The minimum atomic E-state index is -0.243. The summed E-state index contributed by atoms with van der Waals surface area (Å²) >= 11 is 0. The topological polar surface area (TPSA) is 91.4 Å². The molecular formula is C17H22N4O5. The normalized spacial score (nSPS) is 17.4. The highest BCUT2D eigenvalue weighted by molar-refractivity contribution is 5.97. The van der Waals surface area contributed by atoms with Crippen LogP contribution < -0.4 is 19.7 Å². The van der Waals surface area contributed by atoms with Crippen LogP contribution in [0.1, 0.15) is 0 Å². The molecule has 0 radical (unpaired) electrons. The highest BCUT2D eigenvalue weighted by atomic mass is 16.5. The van der Waals surface area contributed by atoms with Crippen LogP contribution in [0.2, 0.25) is 0 Å². The van der Waals surface area contributed by atoms with E-state index in [0.29, 0.717) is 43.4 Å². The van der Waals surface area contributed by atoms with Crippen LogP contribution in [0.25, 0.3) is 0 Å². The number of benzene rings is 1. The molecule has 0 bridgehead atoms. The van der Waals surface area contributed by atoms with E-state index in [1.807, 2.05) is 0 Å². The lowest BCUT2D eigenvalue weighted by atomic mass is 10.2. The van der Waals surface area contributed by atoms with Crippen LogP contribution in [-0.2, 0) is 9.59 Å². The summed E-state index contributed by atoms with van der Waals surface area (Å²) < 4.78 is 10.5. The lowest BCUT2D eigenvalue weighted by molar-refractivity contribution is -0.138. The van der Waals surface area contributed by atoms with Crippen molar-refractivity contribution < 1.29 is 23.9 Å². The molecule has 0 aliphatic carbocycles. The van der Waals surface area contributed by atoms with Crippen molar-refractivity contribution in [2.75, 3.05) is 58.4 Å². The van der Waals surface area contributed by atoms with Crippen LogP contribution in [0, 0.1) is 0 Å². The average molecular weight is 362 g/mol. The van der Waals surface area contributed by atoms with E-state index in [1.54, 1.807) is 30.2 Å². The van der Waals surface area contributed by atoms with Crippen molar-refractivity contribution in [2.24, 2.45) is 0 Å². The average Bonchev–Trinajstić information content (AvgIpc) is 3.01. The van der Waals surface area contributed by atoms with E-state index in [2.05, 4.69) is 5.32 Å². The summed E-state index contributed by atoms with van der Waals surface area (Å²) in [5.41, 5.74) is 0.681. The van der Waals surface area contributed by atoms with Crippen molar-refractivity contribution in [3.05, 3.63) is 18.2 Å². The molecule has 1 aromatic rings. The molecule has 0 atom stereocenters. The van der Waals surface area contributed by atoms with Gasteiger partial charge in [-0.2, -0.15) is 0 Å². The molecule has 0 spiro atoms. The molecule has 9 heteroatoms. The second-order valence-corrected chi connectivity index (χ2v) is 6.06. The van der Waals surface area contributed by atoms with Crippen LogP contribution in [0.3, 0.4) is 0 Å². The number of rotatable bonds is 5.